The van der Waals surface area contributed by atoms with Gasteiger partial charge < -0.3 is 4.74 Å². The molecular formula is C17H19N3O3. The van der Waals surface area contributed by atoms with Gasteiger partial charge in [0.25, 0.3) is 5.56 Å². The molecule has 0 radical (unpaired) electrons. The van der Waals surface area contributed by atoms with Crippen LogP contribution in [-0.4, -0.2) is 15.7 Å². The summed E-state index contributed by atoms with van der Waals surface area (Å²) in [6.07, 6.45) is 1.30. The molecule has 0 atom stereocenters. The molecule has 1 aromatic heterocycles. The number of nitrogens with zero attached hydrogens (tertiary/aromatic N) is 3. The largest absolute Gasteiger partial charge is 0.491 e. The van der Waals surface area contributed by atoms with Crippen LogP contribution in [0.5, 0.6) is 5.75 Å². The highest BCUT2D eigenvalue weighted by molar-refractivity contribution is 5.35. The molecule has 2 aromatic rings. The summed E-state index contributed by atoms with van der Waals surface area (Å²) in [6, 6.07) is 7.68. The van der Waals surface area contributed by atoms with Gasteiger partial charge in [-0.3, -0.25) is 13.9 Å². The van der Waals surface area contributed by atoms with Gasteiger partial charge in [-0.1, -0.05) is 12.1 Å². The summed E-state index contributed by atoms with van der Waals surface area (Å²) in [6.45, 7) is 6.35. The maximum Gasteiger partial charge on any atom is 0.331 e. The molecule has 0 unspecified atom stereocenters. The summed E-state index contributed by atoms with van der Waals surface area (Å²) in [5, 5.41) is 9.01. The van der Waals surface area contributed by atoms with E-state index in [-0.39, 0.29) is 18.7 Å². The Hall–Kier alpha value is -2.81. The lowest BCUT2D eigenvalue weighted by molar-refractivity contribution is 0.289. The SMILES string of the molecule is CCn1cc(C#N)c(=O)n(CCOc2cc(C)ccc2C)c1=O. The number of hydrogen-bond donors (Lipinski definition) is 0. The predicted molar refractivity (Wildman–Crippen MR) is 86.8 cm³/mol. The van der Waals surface area contributed by atoms with Crippen molar-refractivity contribution < 1.29 is 4.74 Å². The van der Waals surface area contributed by atoms with Crippen molar-refractivity contribution in [3.63, 3.8) is 0 Å². The molecule has 0 amide bonds. The lowest BCUT2D eigenvalue weighted by Crippen LogP contribution is -2.41. The van der Waals surface area contributed by atoms with Gasteiger partial charge in [-0.2, -0.15) is 5.26 Å². The van der Waals surface area contributed by atoms with Gasteiger partial charge in [-0.05, 0) is 38.0 Å². The molecule has 0 spiro atoms. The number of ether oxygens (including phenoxy) is 1. The van der Waals surface area contributed by atoms with Crippen molar-refractivity contribution in [2.24, 2.45) is 0 Å². The second kappa shape index (κ2) is 6.97. The summed E-state index contributed by atoms with van der Waals surface area (Å²) < 4.78 is 8.08. The first-order chi connectivity index (χ1) is 11.0. The van der Waals surface area contributed by atoms with Crippen LogP contribution < -0.4 is 16.0 Å². The van der Waals surface area contributed by atoms with Crippen molar-refractivity contribution in [3.05, 3.63) is 61.9 Å². The van der Waals surface area contributed by atoms with Crippen LogP contribution in [0.4, 0.5) is 0 Å². The fourth-order valence-electron chi connectivity index (χ4n) is 2.26. The molecule has 0 bridgehead atoms. The lowest BCUT2D eigenvalue weighted by Gasteiger charge is -2.12. The van der Waals surface area contributed by atoms with E-state index in [1.807, 2.05) is 38.1 Å². The van der Waals surface area contributed by atoms with Crippen molar-refractivity contribution in [3.8, 4) is 11.8 Å². The van der Waals surface area contributed by atoms with E-state index in [1.54, 1.807) is 6.92 Å². The molecule has 0 fully saturated rings. The quantitative estimate of drug-likeness (QED) is 0.840. The standard InChI is InChI=1S/C17H19N3O3/c1-4-19-11-14(10-18)16(21)20(17(19)22)7-8-23-15-9-12(2)5-6-13(15)3/h5-6,9,11H,4,7-8H2,1-3H3. The Morgan fingerprint density at radius 3 is 2.65 bits per heavy atom. The van der Waals surface area contributed by atoms with E-state index >= 15 is 0 Å². The molecule has 1 heterocycles. The third kappa shape index (κ3) is 3.51. The van der Waals surface area contributed by atoms with E-state index in [9.17, 15) is 9.59 Å². The van der Waals surface area contributed by atoms with Gasteiger partial charge >= 0.3 is 5.69 Å². The van der Waals surface area contributed by atoms with Crippen molar-refractivity contribution in [2.45, 2.75) is 33.9 Å². The third-order valence-corrected chi connectivity index (χ3v) is 3.61. The number of nitriles is 1. The second-order valence-electron chi connectivity index (χ2n) is 5.30. The zero-order valence-corrected chi connectivity index (χ0v) is 13.5. The van der Waals surface area contributed by atoms with E-state index in [4.69, 9.17) is 10.00 Å². The number of aromatic nitrogens is 2. The molecule has 6 heteroatoms. The van der Waals surface area contributed by atoms with Gasteiger partial charge in [0, 0.05) is 12.7 Å². The zero-order chi connectivity index (χ0) is 17.0. The van der Waals surface area contributed by atoms with Gasteiger partial charge in [0.1, 0.15) is 24.0 Å². The molecule has 2 rings (SSSR count). The Labute approximate surface area is 134 Å². The van der Waals surface area contributed by atoms with Crippen LogP contribution in [0, 0.1) is 25.2 Å². The summed E-state index contributed by atoms with van der Waals surface area (Å²) in [5.41, 5.74) is 1.01. The van der Waals surface area contributed by atoms with Crippen LogP contribution in [0.2, 0.25) is 0 Å². The van der Waals surface area contributed by atoms with Crippen molar-refractivity contribution in [1.82, 2.24) is 9.13 Å². The van der Waals surface area contributed by atoms with Crippen molar-refractivity contribution >= 4 is 0 Å². The van der Waals surface area contributed by atoms with Gasteiger partial charge in [-0.15, -0.1) is 0 Å². The van der Waals surface area contributed by atoms with Crippen LogP contribution in [0.1, 0.15) is 23.6 Å². The fourth-order valence-corrected chi connectivity index (χ4v) is 2.26. The molecule has 6 nitrogen and oxygen atoms in total. The van der Waals surface area contributed by atoms with Crippen LogP contribution in [-0.2, 0) is 13.1 Å². The highest BCUT2D eigenvalue weighted by Crippen LogP contribution is 2.18. The molecule has 0 aliphatic rings. The van der Waals surface area contributed by atoms with Crippen LogP contribution >= 0.6 is 0 Å². The molecule has 0 aliphatic heterocycles. The normalized spacial score (nSPS) is 10.3. The minimum Gasteiger partial charge on any atom is -0.491 e. The van der Waals surface area contributed by atoms with Gasteiger partial charge in [-0.25, -0.2) is 4.79 Å². The maximum absolute atomic E-state index is 12.2. The number of rotatable bonds is 5. The lowest BCUT2D eigenvalue weighted by atomic mass is 10.1. The number of benzene rings is 1. The molecule has 23 heavy (non-hydrogen) atoms. The Balaban J connectivity index is 2.24. The molecule has 0 saturated heterocycles. The number of hydrogen-bond acceptors (Lipinski definition) is 4. The molecular weight excluding hydrogens is 294 g/mol. The summed E-state index contributed by atoms with van der Waals surface area (Å²) in [7, 11) is 0. The first kappa shape index (κ1) is 16.6. The highest BCUT2D eigenvalue weighted by Gasteiger charge is 2.10. The average molecular weight is 313 g/mol. The maximum atomic E-state index is 12.2. The highest BCUT2D eigenvalue weighted by atomic mass is 16.5. The molecule has 0 aliphatic carbocycles. The fraction of sp³-hybridized carbons (Fsp3) is 0.353. The van der Waals surface area contributed by atoms with E-state index in [1.165, 1.54) is 10.8 Å². The average Bonchev–Trinajstić information content (AvgIpc) is 2.54. The predicted octanol–water partition coefficient (Wildman–Crippen LogP) is 1.60. The Morgan fingerprint density at radius 1 is 1.26 bits per heavy atom. The molecule has 1 aromatic carbocycles. The smallest absolute Gasteiger partial charge is 0.331 e. The summed E-state index contributed by atoms with van der Waals surface area (Å²) >= 11 is 0. The van der Waals surface area contributed by atoms with E-state index < -0.39 is 11.2 Å². The van der Waals surface area contributed by atoms with Crippen LogP contribution in [0.3, 0.4) is 0 Å². The first-order valence-corrected chi connectivity index (χ1v) is 7.42. The topological polar surface area (TPSA) is 77.0 Å². The molecule has 0 saturated carbocycles. The third-order valence-electron chi connectivity index (χ3n) is 3.61. The minimum atomic E-state index is -0.577. The molecule has 120 valence electrons. The first-order valence-electron chi connectivity index (χ1n) is 7.42. The molecule has 0 N–H and O–H groups in total. The van der Waals surface area contributed by atoms with Crippen molar-refractivity contribution in [2.75, 3.05) is 6.61 Å². The van der Waals surface area contributed by atoms with E-state index in [0.29, 0.717) is 6.54 Å². The van der Waals surface area contributed by atoms with Gasteiger partial charge in [0.05, 0.1) is 6.54 Å². The Morgan fingerprint density at radius 2 is 2.00 bits per heavy atom. The van der Waals surface area contributed by atoms with Gasteiger partial charge in [0.15, 0.2) is 0 Å². The van der Waals surface area contributed by atoms with Crippen LogP contribution in [0.25, 0.3) is 0 Å². The summed E-state index contributed by atoms with van der Waals surface area (Å²) in [4.78, 5) is 24.3. The van der Waals surface area contributed by atoms with E-state index in [0.717, 1.165) is 21.4 Å². The summed E-state index contributed by atoms with van der Waals surface area (Å²) in [5.74, 6) is 0.727. The zero-order valence-electron chi connectivity index (χ0n) is 13.5. The van der Waals surface area contributed by atoms with Gasteiger partial charge in [0.2, 0.25) is 0 Å². The van der Waals surface area contributed by atoms with Crippen LogP contribution in [0.15, 0.2) is 34.0 Å². The number of aryl methyl sites for hydroxylation is 3. The second-order valence-corrected chi connectivity index (χ2v) is 5.30. The monoisotopic (exact) mass is 313 g/mol. The van der Waals surface area contributed by atoms with Crippen molar-refractivity contribution in [1.29, 1.82) is 5.26 Å². The Bertz CT molecular complexity index is 872. The van der Waals surface area contributed by atoms with E-state index in [2.05, 4.69) is 0 Å². The minimum absolute atomic E-state index is 0.0433. The Kier molecular flexibility index (Phi) is 5.02.